The average Bonchev–Trinajstić information content (AvgIpc) is 0.811. The fraction of sp³-hybridized carbons (Fsp3) is 1.00. The van der Waals surface area contributed by atoms with Crippen LogP contribution in [0.3, 0.4) is 0 Å². The topological polar surface area (TPSA) is 0 Å². The van der Waals surface area contributed by atoms with E-state index in [1.54, 1.807) is 0 Å². The van der Waals surface area contributed by atoms with E-state index in [9.17, 15) is 0 Å². The predicted octanol–water partition coefficient (Wildman–Crippen LogP) is 1.66. The van der Waals surface area contributed by atoms with Crippen molar-refractivity contribution in [3.63, 3.8) is 0 Å². The molecule has 0 bridgehead atoms. The van der Waals surface area contributed by atoms with Crippen LogP contribution in [-0.2, 0) is 0 Å². The molecule has 0 fully saturated rings. The average molecular weight is 98.1 g/mol. The summed E-state index contributed by atoms with van der Waals surface area (Å²) >= 11 is 0. The van der Waals surface area contributed by atoms with Crippen LogP contribution in [0.2, 0.25) is 0 Å². The summed E-state index contributed by atoms with van der Waals surface area (Å²) in [4.78, 5) is 0. The fourth-order valence-electron chi connectivity index (χ4n) is 0. The Bertz CT molecular complexity index is 8.36. The van der Waals surface area contributed by atoms with Crippen LogP contribution in [0.5, 0.6) is 0 Å². The third-order valence-corrected chi connectivity index (χ3v) is 0. The van der Waals surface area contributed by atoms with Crippen LogP contribution in [0.15, 0.2) is 0 Å². The van der Waals surface area contributed by atoms with Gasteiger partial charge in [-0.05, 0) is 5.92 Å². The maximum atomic E-state index is 2.17. The first kappa shape index (κ1) is 9.54. The summed E-state index contributed by atoms with van der Waals surface area (Å²) in [5, 5.41) is 0. The van der Waals surface area contributed by atoms with Crippen molar-refractivity contribution in [3.05, 3.63) is 0 Å². The zero-order chi connectivity index (χ0) is 3.58. The molecule has 0 saturated carbocycles. The molecule has 0 rings (SSSR count). The molecule has 0 aliphatic rings. The van der Waals surface area contributed by atoms with Gasteiger partial charge in [0, 0.05) is 37.7 Å². The Morgan fingerprint density at radius 2 is 1.00 bits per heavy atom. The second kappa shape index (κ2) is 5.26. The van der Waals surface area contributed by atoms with Crippen molar-refractivity contribution >= 4 is 0 Å². The summed E-state index contributed by atoms with van der Waals surface area (Å²) < 4.78 is 0. The molecule has 0 unspecified atom stereocenters. The van der Waals surface area contributed by atoms with Crippen LogP contribution < -0.4 is 0 Å². The van der Waals surface area contributed by atoms with Gasteiger partial charge < -0.3 is 0 Å². The van der Waals surface area contributed by atoms with Gasteiger partial charge in [0.15, 0.2) is 0 Å². The van der Waals surface area contributed by atoms with Gasteiger partial charge in [0.25, 0.3) is 0 Å². The number of rotatable bonds is 0. The maximum absolute atomic E-state index is 2.17. The molecule has 0 N–H and O–H groups in total. The Balaban J connectivity index is 0. The van der Waals surface area contributed by atoms with Gasteiger partial charge in [-0.15, -0.1) is 0 Å². The van der Waals surface area contributed by atoms with Crippen LogP contribution in [0.4, 0.5) is 0 Å². The van der Waals surface area contributed by atoms with E-state index >= 15 is 0 Å². The molecule has 0 spiro atoms. The van der Waals surface area contributed by atoms with Crippen molar-refractivity contribution in [2.24, 2.45) is 5.92 Å². The van der Waals surface area contributed by atoms with Gasteiger partial charge in [0.05, 0.1) is 0 Å². The molecule has 0 atom stereocenters. The maximum Gasteiger partial charge on any atom is 0 e. The first-order chi connectivity index (χ1) is 1.73. The molecule has 5 heavy (non-hydrogen) atoms. The molecule has 34 valence electrons. The van der Waals surface area contributed by atoms with Gasteiger partial charge >= 0.3 is 0 Å². The molecule has 0 aromatic heterocycles. The van der Waals surface area contributed by atoms with E-state index in [1.807, 2.05) is 0 Å². The van der Waals surface area contributed by atoms with Crippen molar-refractivity contribution in [2.45, 2.75) is 20.8 Å². The quantitative estimate of drug-likeness (QED) is 0.432. The summed E-state index contributed by atoms with van der Waals surface area (Å²) in [6, 6.07) is 0. The van der Waals surface area contributed by atoms with E-state index in [0.717, 1.165) is 5.92 Å². The van der Waals surface area contributed by atoms with Gasteiger partial charge in [-0.1, -0.05) is 20.8 Å². The molecule has 0 heterocycles. The second-order valence-electron chi connectivity index (χ2n) is 1.73. The SMILES string of the molecule is CC(C)C.[Ar]. The van der Waals surface area contributed by atoms with Crippen LogP contribution >= 0.6 is 0 Å². The van der Waals surface area contributed by atoms with E-state index in [0.29, 0.717) is 0 Å². The summed E-state index contributed by atoms with van der Waals surface area (Å²) in [5.74, 6) is 0.833. The Morgan fingerprint density at radius 3 is 1.00 bits per heavy atom. The first-order valence-electron chi connectivity index (χ1n) is 1.73. The van der Waals surface area contributed by atoms with E-state index in [-0.39, 0.29) is 37.7 Å². The molecule has 0 saturated heterocycles. The summed E-state index contributed by atoms with van der Waals surface area (Å²) in [7, 11) is 0. The molecule has 0 aliphatic heterocycles. The van der Waals surface area contributed by atoms with Crippen LogP contribution in [0.1, 0.15) is 20.8 Å². The molecule has 0 radical (unpaired) electrons. The van der Waals surface area contributed by atoms with E-state index in [4.69, 9.17) is 0 Å². The zero-order valence-electron chi connectivity index (χ0n) is 3.93. The van der Waals surface area contributed by atoms with Gasteiger partial charge in [0.1, 0.15) is 0 Å². The largest absolute Gasteiger partial charge is 0.0630 e. The van der Waals surface area contributed by atoms with E-state index in [1.165, 1.54) is 0 Å². The molecular weight excluding hydrogens is 88.0 g/mol. The van der Waals surface area contributed by atoms with Crippen LogP contribution in [-0.4, -0.2) is 0 Å². The molecule has 0 amide bonds. The van der Waals surface area contributed by atoms with E-state index in [2.05, 4.69) is 20.8 Å². The Labute approximate surface area is 63.9 Å². The van der Waals surface area contributed by atoms with Crippen molar-refractivity contribution in [1.29, 1.82) is 0 Å². The fourth-order valence-corrected chi connectivity index (χ4v) is 0. The molecule has 1 heteroatoms. The molecule has 0 nitrogen and oxygen atoms in total. The minimum absolute atomic E-state index is 0. The van der Waals surface area contributed by atoms with E-state index < -0.39 is 0 Å². The second-order valence-corrected chi connectivity index (χ2v) is 1.73. The summed E-state index contributed by atoms with van der Waals surface area (Å²) in [6.45, 7) is 6.50. The normalized spacial score (nSPS) is 7.20. The summed E-state index contributed by atoms with van der Waals surface area (Å²) in [6.07, 6.45) is 0. The molecular formula is C4H10Ar. The van der Waals surface area contributed by atoms with Crippen molar-refractivity contribution in [3.8, 4) is 0 Å². The first-order valence-corrected chi connectivity index (χ1v) is 1.73. The summed E-state index contributed by atoms with van der Waals surface area (Å²) in [5.41, 5.74) is 0. The monoisotopic (exact) mass is 98.0 g/mol. The van der Waals surface area contributed by atoms with Crippen LogP contribution in [0.25, 0.3) is 0 Å². The minimum Gasteiger partial charge on any atom is -0.0630 e. The van der Waals surface area contributed by atoms with Crippen molar-refractivity contribution in [2.75, 3.05) is 0 Å². The zero-order valence-corrected chi connectivity index (χ0v) is 4.64. The standard InChI is InChI=1S/C4H10.Ar/c1-4(2)3;/h4H,1-3H3;. The Kier molecular flexibility index (Phi) is 10.0. The molecule has 0 aromatic carbocycles. The number of hydrogen-bond donors (Lipinski definition) is 0. The van der Waals surface area contributed by atoms with Crippen molar-refractivity contribution < 1.29 is 37.7 Å². The predicted molar refractivity (Wildman–Crippen MR) is 20.5 cm³/mol. The van der Waals surface area contributed by atoms with Crippen molar-refractivity contribution in [1.82, 2.24) is 0 Å². The minimum atomic E-state index is 0. The third kappa shape index (κ3) is 35.2. The molecule has 0 aromatic rings. The van der Waals surface area contributed by atoms with Crippen LogP contribution in [0, 0.1) is 43.7 Å². The van der Waals surface area contributed by atoms with Gasteiger partial charge in [-0.3, -0.25) is 0 Å². The molecule has 0 aliphatic carbocycles. The third-order valence-electron chi connectivity index (χ3n) is 0. The number of hydrogen-bond acceptors (Lipinski definition) is 0. The van der Waals surface area contributed by atoms with Gasteiger partial charge in [0.2, 0.25) is 0 Å². The van der Waals surface area contributed by atoms with Gasteiger partial charge in [-0.25, -0.2) is 0 Å². The smallest absolute Gasteiger partial charge is 0 e. The van der Waals surface area contributed by atoms with Gasteiger partial charge in [-0.2, -0.15) is 0 Å². The Morgan fingerprint density at radius 1 is 1.00 bits per heavy atom. The Hall–Kier alpha value is 1.26.